The summed E-state index contributed by atoms with van der Waals surface area (Å²) in [5.74, 6) is 3.00. The van der Waals surface area contributed by atoms with Gasteiger partial charge in [-0.05, 0) is 43.9 Å². The second-order valence-electron chi connectivity index (χ2n) is 6.61. The third-order valence-corrected chi connectivity index (χ3v) is 5.34. The van der Waals surface area contributed by atoms with Crippen LogP contribution in [0.2, 0.25) is 0 Å². The van der Waals surface area contributed by atoms with Crippen LogP contribution in [0.3, 0.4) is 0 Å². The third-order valence-electron chi connectivity index (χ3n) is 5.34. The predicted octanol–water partition coefficient (Wildman–Crippen LogP) is 3.79. The first-order valence-electron chi connectivity index (χ1n) is 6.89. The Hall–Kier alpha value is -0.300. The second-order valence-corrected chi connectivity index (χ2v) is 6.61. The molecule has 2 heterocycles. The van der Waals surface area contributed by atoms with Crippen LogP contribution in [0.15, 0.2) is 11.6 Å². The fourth-order valence-electron chi connectivity index (χ4n) is 4.54. The summed E-state index contributed by atoms with van der Waals surface area (Å²) in [5.41, 5.74) is 1.81. The maximum absolute atomic E-state index is 6.45. The van der Waals surface area contributed by atoms with Gasteiger partial charge >= 0.3 is 0 Å². The van der Waals surface area contributed by atoms with Gasteiger partial charge in [-0.25, -0.2) is 0 Å². The molecule has 0 radical (unpaired) electrons. The highest BCUT2D eigenvalue weighted by Crippen LogP contribution is 2.60. The van der Waals surface area contributed by atoms with Gasteiger partial charge in [0, 0.05) is 5.92 Å². The summed E-state index contributed by atoms with van der Waals surface area (Å²) in [6.45, 7) is 9.43. The van der Waals surface area contributed by atoms with Crippen molar-refractivity contribution in [3.05, 3.63) is 11.6 Å². The highest BCUT2D eigenvalue weighted by Gasteiger charge is 2.62. The van der Waals surface area contributed by atoms with Crippen molar-refractivity contribution in [3.63, 3.8) is 0 Å². The highest BCUT2D eigenvalue weighted by atomic mass is 16.5. The summed E-state index contributed by atoms with van der Waals surface area (Å²) in [6.07, 6.45) is 6.90. The van der Waals surface area contributed by atoms with E-state index in [2.05, 4.69) is 33.8 Å². The monoisotopic (exact) mass is 220 g/mol. The van der Waals surface area contributed by atoms with Crippen LogP contribution in [0, 0.1) is 23.7 Å². The fourth-order valence-corrected chi connectivity index (χ4v) is 4.54. The Bertz CT molecular complexity index is 330. The van der Waals surface area contributed by atoms with Gasteiger partial charge in [-0.3, -0.25) is 0 Å². The standard InChI is InChI=1S/C15H24O/c1-9(2)14-12-7-10(3)5-6-15(12)11(4)8-13(14)16-15/h7,9,11-14H,5-6,8H2,1-4H3/t11-,12-,13-,14-,15+/m0/s1. The molecule has 90 valence electrons. The normalized spacial score (nSPS) is 50.7. The number of allylic oxidation sites excluding steroid dienone is 1. The van der Waals surface area contributed by atoms with Crippen molar-refractivity contribution in [2.45, 2.75) is 58.7 Å². The van der Waals surface area contributed by atoms with Crippen LogP contribution in [0.1, 0.15) is 47.0 Å². The summed E-state index contributed by atoms with van der Waals surface area (Å²) in [6, 6.07) is 0. The molecule has 5 atom stereocenters. The molecule has 1 aliphatic carbocycles. The van der Waals surface area contributed by atoms with Gasteiger partial charge in [-0.2, -0.15) is 0 Å². The minimum absolute atomic E-state index is 0.221. The van der Waals surface area contributed by atoms with Gasteiger partial charge in [0.25, 0.3) is 0 Å². The maximum atomic E-state index is 6.45. The molecule has 0 N–H and O–H groups in total. The van der Waals surface area contributed by atoms with E-state index >= 15 is 0 Å². The minimum atomic E-state index is 0.221. The maximum Gasteiger partial charge on any atom is 0.0781 e. The molecule has 2 aliphatic heterocycles. The summed E-state index contributed by atoms with van der Waals surface area (Å²) in [4.78, 5) is 0. The van der Waals surface area contributed by atoms with Gasteiger partial charge in [0.1, 0.15) is 0 Å². The molecule has 2 saturated heterocycles. The van der Waals surface area contributed by atoms with Crippen molar-refractivity contribution >= 4 is 0 Å². The zero-order chi connectivity index (χ0) is 11.5. The molecule has 1 nitrogen and oxygen atoms in total. The topological polar surface area (TPSA) is 9.23 Å². The Labute approximate surface area is 99.3 Å². The first-order valence-corrected chi connectivity index (χ1v) is 6.89. The smallest absolute Gasteiger partial charge is 0.0781 e. The van der Waals surface area contributed by atoms with Crippen LogP contribution < -0.4 is 0 Å². The van der Waals surface area contributed by atoms with E-state index in [9.17, 15) is 0 Å². The van der Waals surface area contributed by atoms with E-state index in [4.69, 9.17) is 4.74 Å². The van der Waals surface area contributed by atoms with Gasteiger partial charge < -0.3 is 4.74 Å². The summed E-state index contributed by atoms with van der Waals surface area (Å²) >= 11 is 0. The van der Waals surface area contributed by atoms with Crippen LogP contribution in [0.4, 0.5) is 0 Å². The van der Waals surface area contributed by atoms with Gasteiger partial charge in [0.05, 0.1) is 11.7 Å². The zero-order valence-corrected chi connectivity index (χ0v) is 11.0. The summed E-state index contributed by atoms with van der Waals surface area (Å²) in [7, 11) is 0. The molecule has 0 aromatic heterocycles. The molecule has 2 bridgehead atoms. The van der Waals surface area contributed by atoms with E-state index in [0.29, 0.717) is 12.0 Å². The van der Waals surface area contributed by atoms with E-state index < -0.39 is 0 Å². The second kappa shape index (κ2) is 3.35. The van der Waals surface area contributed by atoms with Crippen molar-refractivity contribution in [2.24, 2.45) is 23.7 Å². The molecule has 2 fully saturated rings. The molecule has 0 aromatic carbocycles. The minimum Gasteiger partial charge on any atom is -0.371 e. The highest BCUT2D eigenvalue weighted by molar-refractivity contribution is 5.22. The average molecular weight is 220 g/mol. The largest absolute Gasteiger partial charge is 0.371 e. The SMILES string of the molecule is CC1=C[C@H]2[C@H](C(C)C)[C@@H]3C[C@H](C)[C@@]2(CC1)O3. The average Bonchev–Trinajstić information content (AvgIpc) is 2.67. The molecule has 3 rings (SSSR count). The number of hydrogen-bond acceptors (Lipinski definition) is 1. The summed E-state index contributed by atoms with van der Waals surface area (Å²) < 4.78 is 6.45. The van der Waals surface area contributed by atoms with Crippen LogP contribution in [0.5, 0.6) is 0 Å². The fraction of sp³-hybridized carbons (Fsp3) is 0.867. The molecule has 16 heavy (non-hydrogen) atoms. The Morgan fingerprint density at radius 2 is 2.19 bits per heavy atom. The van der Waals surface area contributed by atoms with E-state index in [1.54, 1.807) is 5.57 Å². The Kier molecular flexibility index (Phi) is 2.27. The molecule has 0 amide bonds. The van der Waals surface area contributed by atoms with Crippen molar-refractivity contribution in [1.29, 1.82) is 0 Å². The van der Waals surface area contributed by atoms with E-state index in [1.165, 1.54) is 19.3 Å². The molecular weight excluding hydrogens is 196 g/mol. The van der Waals surface area contributed by atoms with E-state index in [-0.39, 0.29) is 5.60 Å². The lowest BCUT2D eigenvalue weighted by Gasteiger charge is -2.43. The van der Waals surface area contributed by atoms with Gasteiger partial charge in [-0.15, -0.1) is 0 Å². The van der Waals surface area contributed by atoms with E-state index in [0.717, 1.165) is 17.8 Å². The molecule has 1 spiro atoms. The van der Waals surface area contributed by atoms with Crippen molar-refractivity contribution in [1.82, 2.24) is 0 Å². The quantitative estimate of drug-likeness (QED) is 0.611. The Morgan fingerprint density at radius 3 is 2.88 bits per heavy atom. The summed E-state index contributed by atoms with van der Waals surface area (Å²) in [5, 5.41) is 0. The first kappa shape index (κ1) is 10.8. The van der Waals surface area contributed by atoms with Gasteiger partial charge in [0.2, 0.25) is 0 Å². The Balaban J connectivity index is 2.01. The molecule has 3 aliphatic rings. The zero-order valence-electron chi connectivity index (χ0n) is 11.0. The van der Waals surface area contributed by atoms with Crippen LogP contribution in [-0.2, 0) is 4.74 Å². The first-order chi connectivity index (χ1) is 7.54. The lowest BCUT2D eigenvalue weighted by Crippen LogP contribution is -2.45. The van der Waals surface area contributed by atoms with Crippen LogP contribution in [0.25, 0.3) is 0 Å². The molecule has 1 heteroatoms. The predicted molar refractivity (Wildman–Crippen MR) is 66.2 cm³/mol. The third kappa shape index (κ3) is 1.21. The lowest BCUT2D eigenvalue weighted by molar-refractivity contribution is -0.0309. The number of rotatable bonds is 1. The number of hydrogen-bond donors (Lipinski definition) is 0. The van der Waals surface area contributed by atoms with Crippen molar-refractivity contribution in [2.75, 3.05) is 0 Å². The van der Waals surface area contributed by atoms with Gasteiger partial charge in [0.15, 0.2) is 0 Å². The number of fused-ring (bicyclic) bond motifs is 1. The van der Waals surface area contributed by atoms with Crippen molar-refractivity contribution < 1.29 is 4.74 Å². The lowest BCUT2D eigenvalue weighted by atomic mass is 9.60. The number of ether oxygens (including phenoxy) is 1. The molecule has 0 unspecified atom stereocenters. The van der Waals surface area contributed by atoms with Crippen molar-refractivity contribution in [3.8, 4) is 0 Å². The van der Waals surface area contributed by atoms with Gasteiger partial charge in [-0.1, -0.05) is 32.4 Å². The molecule has 0 saturated carbocycles. The van der Waals surface area contributed by atoms with Crippen LogP contribution in [-0.4, -0.2) is 11.7 Å². The molecule has 0 aromatic rings. The van der Waals surface area contributed by atoms with E-state index in [1.807, 2.05) is 0 Å². The van der Waals surface area contributed by atoms with Crippen LogP contribution >= 0.6 is 0 Å². The Morgan fingerprint density at radius 1 is 1.44 bits per heavy atom. The molecular formula is C15H24O.